The van der Waals surface area contributed by atoms with E-state index in [4.69, 9.17) is 32.9 Å². The van der Waals surface area contributed by atoms with Crippen LogP contribution in [-0.2, 0) is 6.18 Å². The van der Waals surface area contributed by atoms with Crippen molar-refractivity contribution in [2.45, 2.75) is 13.1 Å². The molecule has 2 aromatic heterocycles. The molecule has 0 fully saturated rings. The van der Waals surface area contributed by atoms with Crippen molar-refractivity contribution >= 4 is 72.0 Å². The van der Waals surface area contributed by atoms with Gasteiger partial charge >= 0.3 is 6.18 Å². The van der Waals surface area contributed by atoms with Gasteiger partial charge in [-0.15, -0.1) is 0 Å². The number of nitrogens with zero attached hydrogens (tertiary/aromatic N) is 11. The number of hydrogen-bond donors (Lipinski definition) is 0. The molecule has 10 aromatic carbocycles. The van der Waals surface area contributed by atoms with Crippen LogP contribution in [0.25, 0.3) is 135 Å². The zero-order valence-electron chi connectivity index (χ0n) is 44.3. The van der Waals surface area contributed by atoms with Gasteiger partial charge in [-0.1, -0.05) is 103 Å². The van der Waals surface area contributed by atoms with Gasteiger partial charge in [-0.05, 0) is 141 Å². The van der Waals surface area contributed by atoms with Gasteiger partial charge in [0.1, 0.15) is 11.6 Å². The van der Waals surface area contributed by atoms with Gasteiger partial charge in [0.25, 0.3) is 0 Å². The number of benzene rings is 10. The van der Waals surface area contributed by atoms with Crippen LogP contribution in [0.4, 0.5) is 41.6 Å². The number of nitriles is 4. The van der Waals surface area contributed by atoms with E-state index < -0.39 is 11.7 Å². The van der Waals surface area contributed by atoms with E-state index in [1.54, 1.807) is 67.6 Å². The van der Waals surface area contributed by atoms with Crippen molar-refractivity contribution in [2.24, 2.45) is 0 Å². The predicted octanol–water partition coefficient (Wildman–Crippen LogP) is 19.8. The molecule has 0 amide bonds. The van der Waals surface area contributed by atoms with E-state index in [0.717, 1.165) is 12.1 Å². The Bertz CT molecular complexity index is 4820. The molecular weight excluding hydrogens is 1060 g/mol. The molecule has 0 atom stereocenters. The van der Waals surface area contributed by atoms with Gasteiger partial charge < -0.3 is 9.13 Å². The Morgan fingerprint density at radius 1 is 0.376 bits per heavy atom. The van der Waals surface area contributed by atoms with Crippen LogP contribution in [-0.4, -0.2) is 9.13 Å². The maximum absolute atomic E-state index is 14.5. The summed E-state index contributed by atoms with van der Waals surface area (Å²) < 4.78 is 47.3. The van der Waals surface area contributed by atoms with Gasteiger partial charge in [-0.3, -0.25) is 0 Å². The van der Waals surface area contributed by atoms with E-state index >= 15 is 0 Å². The van der Waals surface area contributed by atoms with Gasteiger partial charge in [0, 0.05) is 27.1 Å². The van der Waals surface area contributed by atoms with E-state index in [9.17, 15) is 34.2 Å². The summed E-state index contributed by atoms with van der Waals surface area (Å²) in [6.45, 7) is 41.4. The lowest BCUT2D eigenvalue weighted by Gasteiger charge is -2.20. The van der Waals surface area contributed by atoms with Crippen molar-refractivity contribution in [1.29, 1.82) is 21.0 Å². The molecule has 0 aliphatic carbocycles. The van der Waals surface area contributed by atoms with Crippen LogP contribution in [0.5, 0.6) is 0 Å². The first-order valence-corrected chi connectivity index (χ1v) is 25.8. The Labute approximate surface area is 483 Å². The highest BCUT2D eigenvalue weighted by Crippen LogP contribution is 2.47. The van der Waals surface area contributed by atoms with Crippen molar-refractivity contribution in [3.05, 3.63) is 266 Å². The van der Waals surface area contributed by atoms with Gasteiger partial charge in [0.05, 0.1) is 101 Å². The molecule has 12 aromatic rings. The molecule has 0 unspecified atom stereocenters. The van der Waals surface area contributed by atoms with E-state index in [2.05, 4.69) is 48.5 Å². The van der Waals surface area contributed by atoms with Crippen molar-refractivity contribution in [2.75, 3.05) is 0 Å². The highest BCUT2D eigenvalue weighted by atomic mass is 19.4. The van der Waals surface area contributed by atoms with Gasteiger partial charge in [-0.25, -0.2) is 24.2 Å². The Morgan fingerprint density at radius 2 is 0.776 bits per heavy atom. The Morgan fingerprint density at radius 3 is 1.16 bits per heavy atom. The average Bonchev–Trinajstić information content (AvgIpc) is 1.82. The number of aromatic nitrogens is 2. The minimum Gasteiger partial charge on any atom is -0.308 e. The predicted molar refractivity (Wildman–Crippen MR) is 322 cm³/mol. The average molecular weight is 1100 g/mol. The fraction of sp³-hybridized carbons (Fsp3) is 0.0282. The van der Waals surface area contributed by atoms with E-state index in [-0.39, 0.29) is 62.1 Å². The third-order valence-corrected chi connectivity index (χ3v) is 15.3. The molecule has 0 spiro atoms. The van der Waals surface area contributed by atoms with Crippen LogP contribution in [0.15, 0.2) is 176 Å². The Kier molecular flexibility index (Phi) is 12.8. The third kappa shape index (κ3) is 8.80. The molecule has 11 nitrogen and oxygen atoms in total. The summed E-state index contributed by atoms with van der Waals surface area (Å²) in [5, 5.41) is 45.0. The minimum absolute atomic E-state index is 0.0975. The van der Waals surface area contributed by atoms with Crippen molar-refractivity contribution in [3.8, 4) is 91.3 Å². The largest absolute Gasteiger partial charge is 0.416 e. The molecule has 0 N–H and O–H groups in total. The van der Waals surface area contributed by atoms with Crippen LogP contribution in [0.3, 0.4) is 0 Å². The SMILES string of the molecule is [C-]#[N+]c1ccc(-c2ccc3c4ccc(-c5ccc(C#N)cc5C#N)cc4n(-c4cc(-c5ccc(C(F)(F)F)cc5C)cc(-n5c6cc(-c7ccc(C#N)cc7[N+]#[C-])ccc6c6ccc(-c7ccc([N+]#[C-])cc7[N+]#[C-])cc65)c4C#N)c3c2)c([N+]#[C-])c1. The third-order valence-electron chi connectivity index (χ3n) is 15.3. The molecular formula is C71H32F3N11. The number of rotatable bonds is 7. The van der Waals surface area contributed by atoms with Crippen LogP contribution in [0, 0.1) is 85.1 Å². The van der Waals surface area contributed by atoms with Crippen LogP contribution in [0.1, 0.15) is 33.4 Å². The number of hydrogen-bond acceptors (Lipinski definition) is 4. The van der Waals surface area contributed by atoms with Crippen molar-refractivity contribution in [1.82, 2.24) is 9.13 Å². The van der Waals surface area contributed by atoms with Crippen LogP contribution >= 0.6 is 0 Å². The first kappa shape index (κ1) is 52.7. The smallest absolute Gasteiger partial charge is 0.308 e. The molecule has 0 radical (unpaired) electrons. The van der Waals surface area contributed by atoms with Crippen molar-refractivity contribution < 1.29 is 13.2 Å². The minimum atomic E-state index is -4.67. The van der Waals surface area contributed by atoms with Gasteiger partial charge in [0.15, 0.2) is 28.4 Å². The summed E-state index contributed by atoms with van der Waals surface area (Å²) in [6.07, 6.45) is -4.67. The Balaban J connectivity index is 1.26. The summed E-state index contributed by atoms with van der Waals surface area (Å²) in [5.41, 5.74) is 9.59. The lowest BCUT2D eigenvalue weighted by molar-refractivity contribution is -0.137. The molecule has 0 saturated carbocycles. The summed E-state index contributed by atoms with van der Waals surface area (Å²) in [5.74, 6) is 0. The number of aryl methyl sites for hydroxylation is 1. The van der Waals surface area contributed by atoms with Crippen LogP contribution in [0.2, 0.25) is 0 Å². The first-order valence-electron chi connectivity index (χ1n) is 25.8. The molecule has 0 saturated heterocycles. The standard InChI is InChI=1S/C71H32F3N11/c1-40-25-49(71(72,73)74)13-22-52(40)47-32-69(84-65-28-43(53-16-7-41(36-75)26-48(53)38-77)9-18-57(65)58-20-11-45(30-67(58)84)55-23-14-50(79-2)34-63(55)82-5)61(39-78)70(33-47)85-66-29-44(54-17-8-42(37-76)27-62(54)81-4)10-19-59(66)60-21-12-46(31-68(60)85)56-24-15-51(80-3)35-64(56)83-6/h7-35H,1H3. The monoisotopic (exact) mass is 1100 g/mol. The summed E-state index contributed by atoms with van der Waals surface area (Å²) in [6, 6.07) is 57.9. The fourth-order valence-electron chi connectivity index (χ4n) is 11.4. The second kappa shape index (κ2) is 20.6. The molecule has 0 aliphatic heterocycles. The van der Waals surface area contributed by atoms with Crippen LogP contribution < -0.4 is 0 Å². The maximum Gasteiger partial charge on any atom is 0.416 e. The fourth-order valence-corrected chi connectivity index (χ4v) is 11.4. The molecule has 12 rings (SSSR count). The van der Waals surface area contributed by atoms with E-state index in [1.807, 2.05) is 81.9 Å². The van der Waals surface area contributed by atoms with E-state index in [0.29, 0.717) is 105 Å². The molecule has 85 heavy (non-hydrogen) atoms. The first-order chi connectivity index (χ1) is 41.2. The Hall–Kier alpha value is -13.0. The highest BCUT2D eigenvalue weighted by molar-refractivity contribution is 6.14. The molecule has 14 heteroatoms. The summed E-state index contributed by atoms with van der Waals surface area (Å²) >= 11 is 0. The quantitative estimate of drug-likeness (QED) is 0.147. The number of halogens is 3. The molecule has 0 aliphatic rings. The normalized spacial score (nSPS) is 11.0. The number of alkyl halides is 3. The zero-order valence-corrected chi connectivity index (χ0v) is 44.3. The maximum atomic E-state index is 14.5. The zero-order chi connectivity index (χ0) is 59.4. The number of fused-ring (bicyclic) bond motifs is 6. The van der Waals surface area contributed by atoms with E-state index in [1.165, 1.54) is 30.3 Å². The second-order valence-electron chi connectivity index (χ2n) is 19.9. The summed E-state index contributed by atoms with van der Waals surface area (Å²) in [4.78, 5) is 18.5. The molecule has 392 valence electrons. The topological polar surface area (TPSA) is 127 Å². The van der Waals surface area contributed by atoms with Gasteiger partial charge in [0.2, 0.25) is 0 Å². The molecule has 0 bridgehead atoms. The summed E-state index contributed by atoms with van der Waals surface area (Å²) in [7, 11) is 0. The molecule has 2 heterocycles. The lowest BCUT2D eigenvalue weighted by atomic mass is 9.95. The highest BCUT2D eigenvalue weighted by Gasteiger charge is 2.31. The lowest BCUT2D eigenvalue weighted by Crippen LogP contribution is -2.07. The second-order valence-corrected chi connectivity index (χ2v) is 19.9. The van der Waals surface area contributed by atoms with Gasteiger partial charge in [-0.2, -0.15) is 34.2 Å². The van der Waals surface area contributed by atoms with Crippen molar-refractivity contribution in [3.63, 3.8) is 0 Å².